The fourth-order valence-electron chi connectivity index (χ4n) is 1.98. The Morgan fingerprint density at radius 2 is 1.68 bits per heavy atom. The van der Waals surface area contributed by atoms with Gasteiger partial charge in [-0.25, -0.2) is 0 Å². The van der Waals surface area contributed by atoms with E-state index in [2.05, 4.69) is 16.0 Å². The minimum Gasteiger partial charge on any atom is -0.347 e. The molecule has 0 fully saturated rings. The first-order valence-electron chi connectivity index (χ1n) is 6.96. The second-order valence-corrected chi connectivity index (χ2v) is 6.20. The molecule has 0 unspecified atom stereocenters. The van der Waals surface area contributed by atoms with E-state index in [0.29, 0.717) is 11.4 Å². The van der Waals surface area contributed by atoms with E-state index < -0.39 is 5.91 Å². The summed E-state index contributed by atoms with van der Waals surface area (Å²) in [6.07, 6.45) is 1.76. The number of rotatable bonds is 2. The Bertz CT molecular complexity index is 706. The Kier molecular flexibility index (Phi) is 4.07. The molecule has 2 aromatic rings. The molecular formula is C15H21N5O2. The molecule has 7 nitrogen and oxygen atoms in total. The topological polar surface area (TPSA) is 81.0 Å². The molecule has 2 N–H and O–H groups in total. The highest BCUT2D eigenvalue weighted by Gasteiger charge is 2.22. The van der Waals surface area contributed by atoms with Gasteiger partial charge in [0.05, 0.1) is 5.69 Å². The SMILES string of the molecule is Cn1cccc1C(=O)NNC(=O)c1cc(C(C)(C)C)nn1C. The minimum absolute atomic E-state index is 0.150. The minimum atomic E-state index is -0.409. The van der Waals surface area contributed by atoms with Gasteiger partial charge in [0.25, 0.3) is 11.8 Å². The number of carbonyl (C=O) groups excluding carboxylic acids is 2. The Balaban J connectivity index is 2.06. The third-order valence-corrected chi connectivity index (χ3v) is 3.35. The fraction of sp³-hybridized carbons (Fsp3) is 0.400. The molecule has 2 rings (SSSR count). The molecule has 0 spiro atoms. The number of aromatic nitrogens is 3. The van der Waals surface area contributed by atoms with Gasteiger partial charge >= 0.3 is 0 Å². The molecule has 0 aliphatic heterocycles. The quantitative estimate of drug-likeness (QED) is 0.816. The van der Waals surface area contributed by atoms with E-state index in [9.17, 15) is 9.59 Å². The Hall–Kier alpha value is -2.57. The van der Waals surface area contributed by atoms with Gasteiger partial charge in [0.15, 0.2) is 0 Å². The van der Waals surface area contributed by atoms with Gasteiger partial charge in [-0.3, -0.25) is 25.1 Å². The van der Waals surface area contributed by atoms with Crippen LogP contribution in [0.1, 0.15) is 47.4 Å². The Labute approximate surface area is 129 Å². The van der Waals surface area contributed by atoms with Gasteiger partial charge < -0.3 is 4.57 Å². The third-order valence-electron chi connectivity index (χ3n) is 3.35. The van der Waals surface area contributed by atoms with Crippen LogP contribution in [0, 0.1) is 0 Å². The van der Waals surface area contributed by atoms with E-state index in [1.807, 2.05) is 20.8 Å². The van der Waals surface area contributed by atoms with Crippen molar-refractivity contribution >= 4 is 11.8 Å². The van der Waals surface area contributed by atoms with Crippen molar-refractivity contribution in [1.82, 2.24) is 25.2 Å². The maximum atomic E-state index is 12.2. The number of nitrogens with one attached hydrogen (secondary N) is 2. The molecule has 0 bridgehead atoms. The van der Waals surface area contributed by atoms with E-state index in [1.165, 1.54) is 4.68 Å². The van der Waals surface area contributed by atoms with Crippen LogP contribution in [0.2, 0.25) is 0 Å². The van der Waals surface area contributed by atoms with Crippen molar-refractivity contribution < 1.29 is 9.59 Å². The zero-order valence-corrected chi connectivity index (χ0v) is 13.5. The molecule has 2 amide bonds. The summed E-state index contributed by atoms with van der Waals surface area (Å²) < 4.78 is 3.17. The standard InChI is InChI=1S/C15H21N5O2/c1-15(2,3)12-9-11(20(5)18-12)14(22)17-16-13(21)10-7-6-8-19(10)4/h6-9H,1-5H3,(H,16,21)(H,17,22). The van der Waals surface area contributed by atoms with E-state index in [1.54, 1.807) is 43.1 Å². The summed E-state index contributed by atoms with van der Waals surface area (Å²) >= 11 is 0. The van der Waals surface area contributed by atoms with E-state index in [0.717, 1.165) is 5.69 Å². The summed E-state index contributed by atoms with van der Waals surface area (Å²) in [6, 6.07) is 5.15. The number of hydrazine groups is 1. The molecule has 0 atom stereocenters. The summed E-state index contributed by atoms with van der Waals surface area (Å²) in [5.74, 6) is -0.785. The van der Waals surface area contributed by atoms with Gasteiger partial charge in [0.1, 0.15) is 11.4 Å². The normalized spacial score (nSPS) is 11.3. The highest BCUT2D eigenvalue weighted by Crippen LogP contribution is 2.21. The summed E-state index contributed by atoms with van der Waals surface area (Å²) in [5, 5.41) is 4.33. The molecule has 118 valence electrons. The van der Waals surface area contributed by atoms with Gasteiger partial charge in [-0.1, -0.05) is 20.8 Å². The molecule has 0 radical (unpaired) electrons. The molecule has 0 saturated carbocycles. The second-order valence-electron chi connectivity index (χ2n) is 6.20. The highest BCUT2D eigenvalue weighted by atomic mass is 16.2. The lowest BCUT2D eigenvalue weighted by Crippen LogP contribution is -2.42. The average molecular weight is 303 g/mol. The van der Waals surface area contributed by atoms with Crippen LogP contribution >= 0.6 is 0 Å². The van der Waals surface area contributed by atoms with Gasteiger partial charge in [-0.05, 0) is 18.2 Å². The van der Waals surface area contributed by atoms with Crippen LogP contribution in [0.5, 0.6) is 0 Å². The largest absolute Gasteiger partial charge is 0.347 e. The highest BCUT2D eigenvalue weighted by molar-refractivity contribution is 5.97. The molecule has 22 heavy (non-hydrogen) atoms. The van der Waals surface area contributed by atoms with Crippen molar-refractivity contribution in [3.63, 3.8) is 0 Å². The van der Waals surface area contributed by atoms with E-state index in [-0.39, 0.29) is 11.3 Å². The number of aryl methyl sites for hydroxylation is 2. The van der Waals surface area contributed by atoms with E-state index >= 15 is 0 Å². The average Bonchev–Trinajstić information content (AvgIpc) is 3.01. The van der Waals surface area contributed by atoms with Crippen LogP contribution in [0.4, 0.5) is 0 Å². The van der Waals surface area contributed by atoms with Crippen molar-refractivity contribution in [2.24, 2.45) is 14.1 Å². The monoisotopic (exact) mass is 303 g/mol. The van der Waals surface area contributed by atoms with Crippen molar-refractivity contribution in [2.45, 2.75) is 26.2 Å². The van der Waals surface area contributed by atoms with Crippen LogP contribution < -0.4 is 10.9 Å². The molecule has 0 saturated heterocycles. The number of hydrogen-bond acceptors (Lipinski definition) is 3. The number of hydrogen-bond donors (Lipinski definition) is 2. The molecule has 0 aromatic carbocycles. The first kappa shape index (κ1) is 15.8. The zero-order valence-electron chi connectivity index (χ0n) is 13.5. The van der Waals surface area contributed by atoms with Crippen molar-refractivity contribution in [3.8, 4) is 0 Å². The summed E-state index contributed by atoms with van der Waals surface area (Å²) in [7, 11) is 3.45. The van der Waals surface area contributed by atoms with Gasteiger partial charge in [-0.15, -0.1) is 0 Å². The van der Waals surface area contributed by atoms with Gasteiger partial charge in [-0.2, -0.15) is 5.10 Å². The number of carbonyl (C=O) groups is 2. The van der Waals surface area contributed by atoms with Crippen LogP contribution in [-0.4, -0.2) is 26.2 Å². The smallest absolute Gasteiger partial charge is 0.287 e. The fourth-order valence-corrected chi connectivity index (χ4v) is 1.98. The van der Waals surface area contributed by atoms with Crippen LogP contribution in [0.25, 0.3) is 0 Å². The number of nitrogens with zero attached hydrogens (tertiary/aromatic N) is 3. The van der Waals surface area contributed by atoms with E-state index in [4.69, 9.17) is 0 Å². The third kappa shape index (κ3) is 3.19. The van der Waals surface area contributed by atoms with Gasteiger partial charge in [0.2, 0.25) is 0 Å². The molecule has 0 aliphatic carbocycles. The molecule has 7 heteroatoms. The Morgan fingerprint density at radius 1 is 1.09 bits per heavy atom. The summed E-state index contributed by atoms with van der Waals surface area (Å²) in [4.78, 5) is 24.1. The predicted molar refractivity (Wildman–Crippen MR) is 82.3 cm³/mol. The molecular weight excluding hydrogens is 282 g/mol. The molecule has 2 aromatic heterocycles. The Morgan fingerprint density at radius 3 is 2.14 bits per heavy atom. The second kappa shape index (κ2) is 5.67. The van der Waals surface area contributed by atoms with Crippen molar-refractivity contribution in [3.05, 3.63) is 41.5 Å². The van der Waals surface area contributed by atoms with Crippen LogP contribution in [0.3, 0.4) is 0 Å². The maximum Gasteiger partial charge on any atom is 0.287 e. The molecule has 2 heterocycles. The lowest BCUT2D eigenvalue weighted by molar-refractivity contribution is 0.0837. The van der Waals surface area contributed by atoms with Crippen LogP contribution in [0.15, 0.2) is 24.4 Å². The van der Waals surface area contributed by atoms with Crippen LogP contribution in [-0.2, 0) is 19.5 Å². The first-order chi connectivity index (χ1) is 10.2. The molecule has 0 aliphatic rings. The predicted octanol–water partition coefficient (Wildman–Crippen LogP) is 1.13. The number of amides is 2. The zero-order chi connectivity index (χ0) is 16.5. The summed E-state index contributed by atoms with van der Waals surface area (Å²) in [6.45, 7) is 6.07. The van der Waals surface area contributed by atoms with Gasteiger partial charge in [0, 0.05) is 25.7 Å². The lowest BCUT2D eigenvalue weighted by atomic mass is 9.92. The first-order valence-corrected chi connectivity index (χ1v) is 6.96. The summed E-state index contributed by atoms with van der Waals surface area (Å²) in [5.41, 5.74) is 6.31. The lowest BCUT2D eigenvalue weighted by Gasteiger charge is -2.13. The maximum absolute atomic E-state index is 12.2. The van der Waals surface area contributed by atoms with Crippen molar-refractivity contribution in [2.75, 3.05) is 0 Å². The van der Waals surface area contributed by atoms with Crippen molar-refractivity contribution in [1.29, 1.82) is 0 Å².